The summed E-state index contributed by atoms with van der Waals surface area (Å²) < 4.78 is 33.8. The fraction of sp³-hybridized carbons (Fsp3) is 0.524. The molecular formula is C21H29NO11. The summed E-state index contributed by atoms with van der Waals surface area (Å²) in [6.07, 6.45) is -3.74. The van der Waals surface area contributed by atoms with Gasteiger partial charge in [0.25, 0.3) is 0 Å². The monoisotopic (exact) mass is 471 g/mol. The van der Waals surface area contributed by atoms with E-state index in [1.165, 1.54) is 25.1 Å². The lowest BCUT2D eigenvalue weighted by Gasteiger charge is -2.20. The molecule has 0 aliphatic carbocycles. The van der Waals surface area contributed by atoms with Gasteiger partial charge in [0.2, 0.25) is 0 Å². The van der Waals surface area contributed by atoms with Crippen LogP contribution in [0.3, 0.4) is 0 Å². The maximum Gasteiger partial charge on any atom is 0.513 e. The van der Waals surface area contributed by atoms with Crippen molar-refractivity contribution in [2.45, 2.75) is 51.9 Å². The molecule has 0 spiro atoms. The van der Waals surface area contributed by atoms with Gasteiger partial charge in [-0.05, 0) is 51.8 Å². The second kappa shape index (κ2) is 12.5. The lowest BCUT2D eigenvalue weighted by Crippen LogP contribution is -2.37. The standard InChI is InChI=1S/C21H29NO11/c1-12(11-29-20(26)33-21(2,3)4)30-17(23)14(22)9-13-7-8-15(31-18(24)27-5)16(10-13)32-19(25)28-6/h7-8,10,12,14H,9,11,22H2,1-6H3/t12-,14-/m0/s1. The molecule has 2 N–H and O–H groups in total. The predicted octanol–water partition coefficient (Wildman–Crippen LogP) is 2.73. The number of carbonyl (C=O) groups excluding carboxylic acids is 4. The van der Waals surface area contributed by atoms with Crippen molar-refractivity contribution in [3.05, 3.63) is 23.8 Å². The van der Waals surface area contributed by atoms with Gasteiger partial charge in [-0.2, -0.15) is 0 Å². The average molecular weight is 471 g/mol. The third-order valence-corrected chi connectivity index (χ3v) is 3.63. The van der Waals surface area contributed by atoms with Gasteiger partial charge in [-0.1, -0.05) is 6.07 Å². The van der Waals surface area contributed by atoms with E-state index in [1.54, 1.807) is 20.8 Å². The number of nitrogens with two attached hydrogens (primary N) is 1. The quantitative estimate of drug-likeness (QED) is 0.336. The summed E-state index contributed by atoms with van der Waals surface area (Å²) in [5.74, 6) is -1.01. The summed E-state index contributed by atoms with van der Waals surface area (Å²) >= 11 is 0. The first kappa shape index (κ1) is 27.5. The summed E-state index contributed by atoms with van der Waals surface area (Å²) in [5.41, 5.74) is 5.66. The molecule has 0 fully saturated rings. The Kier molecular flexibility index (Phi) is 10.4. The lowest BCUT2D eigenvalue weighted by atomic mass is 10.1. The fourth-order valence-electron chi connectivity index (χ4n) is 2.23. The third-order valence-electron chi connectivity index (χ3n) is 3.63. The minimum absolute atomic E-state index is 0.00544. The number of esters is 1. The zero-order chi connectivity index (χ0) is 25.2. The molecule has 1 aromatic carbocycles. The van der Waals surface area contributed by atoms with Gasteiger partial charge < -0.3 is 38.9 Å². The van der Waals surface area contributed by atoms with Gasteiger partial charge in [-0.25, -0.2) is 14.4 Å². The van der Waals surface area contributed by atoms with Crippen molar-refractivity contribution in [3.8, 4) is 11.5 Å². The maximum absolute atomic E-state index is 12.3. The second-order valence-corrected chi connectivity index (χ2v) is 7.73. The van der Waals surface area contributed by atoms with Crippen molar-refractivity contribution in [2.75, 3.05) is 20.8 Å². The number of hydrogen-bond donors (Lipinski definition) is 1. The van der Waals surface area contributed by atoms with Gasteiger partial charge in [0.15, 0.2) is 11.5 Å². The van der Waals surface area contributed by atoms with Gasteiger partial charge in [0.1, 0.15) is 24.4 Å². The van der Waals surface area contributed by atoms with Crippen LogP contribution in [0.5, 0.6) is 11.5 Å². The first-order valence-corrected chi connectivity index (χ1v) is 9.81. The largest absolute Gasteiger partial charge is 0.513 e. The second-order valence-electron chi connectivity index (χ2n) is 7.73. The summed E-state index contributed by atoms with van der Waals surface area (Å²) in [4.78, 5) is 46.7. The fourth-order valence-corrected chi connectivity index (χ4v) is 2.23. The molecule has 184 valence electrons. The Labute approximate surface area is 191 Å². The van der Waals surface area contributed by atoms with E-state index < -0.39 is 42.2 Å². The minimum Gasteiger partial charge on any atom is -0.458 e. The third kappa shape index (κ3) is 10.5. The van der Waals surface area contributed by atoms with E-state index in [2.05, 4.69) is 9.47 Å². The highest BCUT2D eigenvalue weighted by Gasteiger charge is 2.23. The van der Waals surface area contributed by atoms with Crippen LogP contribution in [0.2, 0.25) is 0 Å². The molecule has 0 aromatic heterocycles. The number of methoxy groups -OCH3 is 2. The molecule has 0 heterocycles. The first-order chi connectivity index (χ1) is 15.3. The summed E-state index contributed by atoms with van der Waals surface area (Å²) in [7, 11) is 2.22. The molecule has 12 nitrogen and oxygen atoms in total. The number of carbonyl (C=O) groups is 4. The molecule has 1 rings (SSSR count). The molecule has 12 heteroatoms. The molecule has 0 saturated carbocycles. The van der Waals surface area contributed by atoms with Crippen molar-refractivity contribution in [2.24, 2.45) is 5.73 Å². The van der Waals surface area contributed by atoms with Crippen molar-refractivity contribution in [3.63, 3.8) is 0 Å². The topological polar surface area (TPSA) is 159 Å². The van der Waals surface area contributed by atoms with E-state index >= 15 is 0 Å². The zero-order valence-corrected chi connectivity index (χ0v) is 19.4. The van der Waals surface area contributed by atoms with Crippen LogP contribution < -0.4 is 15.2 Å². The van der Waals surface area contributed by atoms with Gasteiger partial charge in [0, 0.05) is 0 Å². The molecule has 0 amide bonds. The zero-order valence-electron chi connectivity index (χ0n) is 19.4. The lowest BCUT2D eigenvalue weighted by molar-refractivity contribution is -0.152. The molecule has 0 saturated heterocycles. The normalized spacial score (nSPS) is 12.6. The van der Waals surface area contributed by atoms with Crippen molar-refractivity contribution in [1.82, 2.24) is 0 Å². The molecule has 0 bridgehead atoms. The minimum atomic E-state index is -1.09. The van der Waals surface area contributed by atoms with Crippen LogP contribution in [0.15, 0.2) is 18.2 Å². The first-order valence-electron chi connectivity index (χ1n) is 9.81. The SMILES string of the molecule is COC(=O)Oc1ccc(C[C@H](N)C(=O)O[C@@H](C)COC(=O)OC(C)(C)C)cc1OC(=O)OC. The van der Waals surface area contributed by atoms with Gasteiger partial charge >= 0.3 is 24.4 Å². The number of rotatable bonds is 8. The number of ether oxygens (including phenoxy) is 7. The van der Waals surface area contributed by atoms with Crippen LogP contribution in [0.4, 0.5) is 14.4 Å². The van der Waals surface area contributed by atoms with Crippen molar-refractivity contribution < 1.29 is 52.3 Å². The predicted molar refractivity (Wildman–Crippen MR) is 112 cm³/mol. The Morgan fingerprint density at radius 3 is 2.06 bits per heavy atom. The number of hydrogen-bond acceptors (Lipinski definition) is 12. The van der Waals surface area contributed by atoms with Gasteiger partial charge in [-0.3, -0.25) is 4.79 Å². The summed E-state index contributed by atoms with van der Waals surface area (Å²) in [5, 5.41) is 0. The summed E-state index contributed by atoms with van der Waals surface area (Å²) in [6.45, 7) is 6.37. The highest BCUT2D eigenvalue weighted by atomic mass is 16.7. The highest BCUT2D eigenvalue weighted by Crippen LogP contribution is 2.29. The van der Waals surface area contributed by atoms with E-state index in [-0.39, 0.29) is 24.5 Å². The van der Waals surface area contributed by atoms with Crippen molar-refractivity contribution in [1.29, 1.82) is 0 Å². The Bertz CT molecular complexity index is 847. The molecule has 0 unspecified atom stereocenters. The molecule has 33 heavy (non-hydrogen) atoms. The van der Waals surface area contributed by atoms with Crippen LogP contribution in [0.1, 0.15) is 33.3 Å². The Morgan fingerprint density at radius 1 is 0.939 bits per heavy atom. The van der Waals surface area contributed by atoms with E-state index in [9.17, 15) is 19.2 Å². The molecular weight excluding hydrogens is 442 g/mol. The Hall–Kier alpha value is -3.54. The van der Waals surface area contributed by atoms with E-state index in [4.69, 9.17) is 29.4 Å². The Balaban J connectivity index is 2.74. The van der Waals surface area contributed by atoms with Crippen molar-refractivity contribution >= 4 is 24.4 Å². The van der Waals surface area contributed by atoms with Gasteiger partial charge in [0.05, 0.1) is 14.2 Å². The van der Waals surface area contributed by atoms with E-state index in [0.29, 0.717) is 5.56 Å². The molecule has 0 aliphatic heterocycles. The van der Waals surface area contributed by atoms with Crippen LogP contribution in [-0.2, 0) is 34.9 Å². The number of benzene rings is 1. The molecule has 2 atom stereocenters. The van der Waals surface area contributed by atoms with Gasteiger partial charge in [-0.15, -0.1) is 0 Å². The molecule has 0 radical (unpaired) electrons. The average Bonchev–Trinajstić information content (AvgIpc) is 2.72. The smallest absolute Gasteiger partial charge is 0.458 e. The van der Waals surface area contributed by atoms with Crippen LogP contribution in [-0.4, -0.2) is 63.0 Å². The van der Waals surface area contributed by atoms with Crippen LogP contribution in [0, 0.1) is 0 Å². The highest BCUT2D eigenvalue weighted by molar-refractivity contribution is 5.76. The molecule has 0 aliphatic rings. The molecule has 1 aromatic rings. The van der Waals surface area contributed by atoms with Crippen LogP contribution in [0.25, 0.3) is 0 Å². The Morgan fingerprint density at radius 2 is 1.52 bits per heavy atom. The summed E-state index contributed by atoms with van der Waals surface area (Å²) in [6, 6.07) is 3.09. The van der Waals surface area contributed by atoms with E-state index in [0.717, 1.165) is 14.2 Å². The maximum atomic E-state index is 12.3. The van der Waals surface area contributed by atoms with Crippen LogP contribution >= 0.6 is 0 Å². The van der Waals surface area contributed by atoms with E-state index in [1.807, 2.05) is 0 Å².